The standard InChI is InChI=1S/C17H19N3O2S/c1-10-8-13(4-6-18-10)19-17(21)16-14(11-2-3-11)15(20-23-16)12-5-7-22-9-12/h4,6,8,11-12H,2-3,5,7,9H2,1H3,(H,18,19,21)/t12-/m0/s1. The Balaban J connectivity index is 1.61. The minimum atomic E-state index is -0.0554. The van der Waals surface area contributed by atoms with E-state index >= 15 is 0 Å². The van der Waals surface area contributed by atoms with Gasteiger partial charge in [0.05, 0.1) is 12.3 Å². The Labute approximate surface area is 139 Å². The summed E-state index contributed by atoms with van der Waals surface area (Å²) in [5, 5.41) is 2.99. The third kappa shape index (κ3) is 3.01. The van der Waals surface area contributed by atoms with Crippen molar-refractivity contribution in [3.63, 3.8) is 0 Å². The Morgan fingerprint density at radius 3 is 2.91 bits per heavy atom. The molecule has 0 spiro atoms. The van der Waals surface area contributed by atoms with Crippen LogP contribution >= 0.6 is 11.5 Å². The Morgan fingerprint density at radius 1 is 1.35 bits per heavy atom. The van der Waals surface area contributed by atoms with Crippen LogP contribution < -0.4 is 5.32 Å². The van der Waals surface area contributed by atoms with E-state index in [4.69, 9.17) is 4.74 Å². The number of ether oxygens (including phenoxy) is 1. The van der Waals surface area contributed by atoms with Crippen LogP contribution in [0, 0.1) is 6.92 Å². The van der Waals surface area contributed by atoms with E-state index in [1.807, 2.05) is 19.1 Å². The molecule has 2 aromatic heterocycles. The van der Waals surface area contributed by atoms with E-state index < -0.39 is 0 Å². The van der Waals surface area contributed by atoms with E-state index in [-0.39, 0.29) is 5.91 Å². The van der Waals surface area contributed by atoms with Crippen molar-refractivity contribution in [1.29, 1.82) is 0 Å². The minimum Gasteiger partial charge on any atom is -0.381 e. The van der Waals surface area contributed by atoms with E-state index in [9.17, 15) is 4.79 Å². The summed E-state index contributed by atoms with van der Waals surface area (Å²) in [6, 6.07) is 3.69. The Morgan fingerprint density at radius 2 is 2.22 bits per heavy atom. The lowest BCUT2D eigenvalue weighted by atomic mass is 9.97. The fraction of sp³-hybridized carbons (Fsp3) is 0.471. The molecule has 2 aliphatic rings. The molecule has 5 nitrogen and oxygen atoms in total. The highest BCUT2D eigenvalue weighted by Crippen LogP contribution is 2.47. The van der Waals surface area contributed by atoms with Gasteiger partial charge in [-0.25, -0.2) is 0 Å². The smallest absolute Gasteiger partial charge is 0.267 e. The van der Waals surface area contributed by atoms with Crippen molar-refractivity contribution in [2.24, 2.45) is 0 Å². The number of aryl methyl sites for hydroxylation is 1. The minimum absolute atomic E-state index is 0.0554. The molecular weight excluding hydrogens is 310 g/mol. The van der Waals surface area contributed by atoms with Crippen LogP contribution in [0.5, 0.6) is 0 Å². The maximum absolute atomic E-state index is 12.7. The van der Waals surface area contributed by atoms with Crippen molar-refractivity contribution in [3.8, 4) is 0 Å². The predicted molar refractivity (Wildman–Crippen MR) is 89.2 cm³/mol. The van der Waals surface area contributed by atoms with E-state index in [2.05, 4.69) is 14.7 Å². The average molecular weight is 329 g/mol. The van der Waals surface area contributed by atoms with E-state index in [1.165, 1.54) is 17.1 Å². The molecule has 0 bridgehead atoms. The zero-order chi connectivity index (χ0) is 15.8. The number of rotatable bonds is 4. The zero-order valence-corrected chi connectivity index (χ0v) is 13.9. The number of hydrogen-bond acceptors (Lipinski definition) is 5. The molecule has 1 atom stereocenters. The van der Waals surface area contributed by atoms with Gasteiger partial charge >= 0.3 is 0 Å². The van der Waals surface area contributed by atoms with Crippen LogP contribution in [-0.2, 0) is 4.74 Å². The van der Waals surface area contributed by atoms with Crippen LogP contribution in [0.15, 0.2) is 18.3 Å². The van der Waals surface area contributed by atoms with Gasteiger partial charge in [-0.1, -0.05) is 0 Å². The average Bonchev–Trinajstić information content (AvgIpc) is 3.06. The summed E-state index contributed by atoms with van der Waals surface area (Å²) in [5.41, 5.74) is 3.95. The zero-order valence-electron chi connectivity index (χ0n) is 13.0. The first kappa shape index (κ1) is 14.8. The molecule has 0 aromatic carbocycles. The van der Waals surface area contributed by atoms with Gasteiger partial charge < -0.3 is 10.1 Å². The first-order valence-electron chi connectivity index (χ1n) is 8.03. The third-order valence-electron chi connectivity index (χ3n) is 4.42. The third-order valence-corrected chi connectivity index (χ3v) is 5.29. The predicted octanol–water partition coefficient (Wildman–Crippen LogP) is 3.48. The van der Waals surface area contributed by atoms with Crippen molar-refractivity contribution in [2.75, 3.05) is 18.5 Å². The van der Waals surface area contributed by atoms with Gasteiger partial charge in [-0.05, 0) is 55.8 Å². The molecule has 2 fully saturated rings. The number of hydrogen-bond donors (Lipinski definition) is 1. The largest absolute Gasteiger partial charge is 0.381 e. The quantitative estimate of drug-likeness (QED) is 0.933. The first-order valence-corrected chi connectivity index (χ1v) is 8.81. The number of aromatic nitrogens is 2. The highest BCUT2D eigenvalue weighted by Gasteiger charge is 2.36. The Hall–Kier alpha value is -1.79. The molecule has 4 rings (SSSR count). The molecule has 1 aliphatic heterocycles. The van der Waals surface area contributed by atoms with E-state index in [0.29, 0.717) is 11.8 Å². The van der Waals surface area contributed by atoms with Gasteiger partial charge in [-0.15, -0.1) is 0 Å². The second-order valence-electron chi connectivity index (χ2n) is 6.29. The molecule has 1 N–H and O–H groups in total. The normalized spacial score (nSPS) is 20.7. The van der Waals surface area contributed by atoms with Crippen molar-refractivity contribution in [2.45, 2.75) is 38.0 Å². The lowest BCUT2D eigenvalue weighted by Gasteiger charge is -2.09. The van der Waals surface area contributed by atoms with E-state index in [1.54, 1.807) is 6.20 Å². The van der Waals surface area contributed by atoms with Crippen molar-refractivity contribution >= 4 is 23.1 Å². The molecule has 1 saturated heterocycles. The number of nitrogens with zero attached hydrogens (tertiary/aromatic N) is 2. The Kier molecular flexibility index (Phi) is 3.87. The maximum Gasteiger partial charge on any atom is 0.267 e. The van der Waals surface area contributed by atoms with Gasteiger partial charge in [0.25, 0.3) is 5.91 Å². The summed E-state index contributed by atoms with van der Waals surface area (Å²) in [5.74, 6) is 0.802. The van der Waals surface area contributed by atoms with Crippen LogP contribution in [0.4, 0.5) is 5.69 Å². The molecule has 1 saturated carbocycles. The molecule has 6 heteroatoms. The number of amides is 1. The lowest BCUT2D eigenvalue weighted by Crippen LogP contribution is -2.13. The summed E-state index contributed by atoms with van der Waals surface area (Å²) in [4.78, 5) is 17.6. The van der Waals surface area contributed by atoms with Crippen molar-refractivity contribution < 1.29 is 9.53 Å². The molecule has 3 heterocycles. The van der Waals surface area contributed by atoms with Gasteiger partial charge in [-0.2, -0.15) is 4.37 Å². The molecule has 1 aliphatic carbocycles. The molecular formula is C17H19N3O2S. The van der Waals surface area contributed by atoms with E-state index in [0.717, 1.165) is 54.4 Å². The number of nitrogens with one attached hydrogen (secondary N) is 1. The summed E-state index contributed by atoms with van der Waals surface area (Å²) in [6.07, 6.45) is 5.04. The summed E-state index contributed by atoms with van der Waals surface area (Å²) in [7, 11) is 0. The van der Waals surface area contributed by atoms with Gasteiger partial charge in [0.2, 0.25) is 0 Å². The number of pyridine rings is 1. The van der Waals surface area contributed by atoms with Crippen molar-refractivity contribution in [1.82, 2.24) is 9.36 Å². The van der Waals surface area contributed by atoms with Gasteiger partial charge in [-0.3, -0.25) is 9.78 Å². The molecule has 23 heavy (non-hydrogen) atoms. The van der Waals surface area contributed by atoms with Crippen LogP contribution in [0.3, 0.4) is 0 Å². The van der Waals surface area contributed by atoms with Crippen LogP contribution in [0.2, 0.25) is 0 Å². The molecule has 1 amide bonds. The molecule has 0 unspecified atom stereocenters. The van der Waals surface area contributed by atoms with Crippen LogP contribution in [-0.4, -0.2) is 28.5 Å². The van der Waals surface area contributed by atoms with Gasteiger partial charge in [0, 0.05) is 35.7 Å². The van der Waals surface area contributed by atoms with Crippen molar-refractivity contribution in [3.05, 3.63) is 40.2 Å². The molecule has 2 aromatic rings. The molecule has 120 valence electrons. The van der Waals surface area contributed by atoms with Gasteiger partial charge in [0.15, 0.2) is 0 Å². The highest BCUT2D eigenvalue weighted by atomic mass is 32.1. The summed E-state index contributed by atoms with van der Waals surface area (Å²) in [6.45, 7) is 3.44. The second kappa shape index (κ2) is 6.02. The SMILES string of the molecule is Cc1cc(NC(=O)c2snc([C@H]3CCOC3)c2C2CC2)ccn1. The second-order valence-corrected chi connectivity index (χ2v) is 7.06. The fourth-order valence-corrected chi connectivity index (χ4v) is 4.04. The maximum atomic E-state index is 12.7. The first-order chi connectivity index (χ1) is 11.2. The topological polar surface area (TPSA) is 64.1 Å². The number of carbonyl (C=O) groups is 1. The van der Waals surface area contributed by atoms with Gasteiger partial charge in [0.1, 0.15) is 4.88 Å². The number of carbonyl (C=O) groups excluding carboxylic acids is 1. The van der Waals surface area contributed by atoms with Crippen LogP contribution in [0.25, 0.3) is 0 Å². The fourth-order valence-electron chi connectivity index (χ4n) is 3.10. The summed E-state index contributed by atoms with van der Waals surface area (Å²) >= 11 is 1.33. The number of anilines is 1. The highest BCUT2D eigenvalue weighted by molar-refractivity contribution is 7.08. The monoisotopic (exact) mass is 329 g/mol. The lowest BCUT2D eigenvalue weighted by molar-refractivity contribution is 0.102. The van der Waals surface area contributed by atoms with Crippen LogP contribution in [0.1, 0.15) is 57.7 Å². The Bertz CT molecular complexity index is 733. The summed E-state index contributed by atoms with van der Waals surface area (Å²) < 4.78 is 10.1. The molecule has 0 radical (unpaired) electrons.